The highest BCUT2D eigenvalue weighted by Gasteiger charge is 2.15. The van der Waals surface area contributed by atoms with Crippen molar-refractivity contribution in [2.24, 2.45) is 0 Å². The molecule has 1 aromatic heterocycles. The van der Waals surface area contributed by atoms with Gasteiger partial charge in [-0.2, -0.15) is 0 Å². The molecular formula is C13H24N4O. The number of ether oxygens (including phenoxy) is 1. The zero-order valence-electron chi connectivity index (χ0n) is 11.9. The lowest BCUT2D eigenvalue weighted by atomic mass is 10.0. The number of rotatable bonds is 7. The van der Waals surface area contributed by atoms with Gasteiger partial charge in [-0.1, -0.05) is 13.8 Å². The average Bonchev–Trinajstić information content (AvgIpc) is 2.35. The van der Waals surface area contributed by atoms with E-state index in [1.165, 1.54) is 0 Å². The molecule has 0 fully saturated rings. The first kappa shape index (κ1) is 14.7. The van der Waals surface area contributed by atoms with Gasteiger partial charge in [0, 0.05) is 32.4 Å². The van der Waals surface area contributed by atoms with Crippen LogP contribution in [0.1, 0.15) is 38.7 Å². The van der Waals surface area contributed by atoms with Crippen LogP contribution in [0.2, 0.25) is 0 Å². The van der Waals surface area contributed by atoms with E-state index in [0.717, 1.165) is 30.2 Å². The van der Waals surface area contributed by atoms with E-state index >= 15 is 0 Å². The second kappa shape index (κ2) is 7.16. The topological polar surface area (TPSA) is 59.1 Å². The Morgan fingerprint density at radius 2 is 1.89 bits per heavy atom. The lowest BCUT2D eigenvalue weighted by Gasteiger charge is -2.20. The Bertz CT molecular complexity index is 368. The Morgan fingerprint density at radius 1 is 1.22 bits per heavy atom. The zero-order chi connectivity index (χ0) is 13.5. The summed E-state index contributed by atoms with van der Waals surface area (Å²) in [5.74, 6) is 2.17. The molecule has 1 atom stereocenters. The Balaban J connectivity index is 2.87. The fourth-order valence-electron chi connectivity index (χ4n) is 1.86. The third kappa shape index (κ3) is 3.84. The van der Waals surface area contributed by atoms with Crippen LogP contribution in [0.25, 0.3) is 0 Å². The summed E-state index contributed by atoms with van der Waals surface area (Å²) >= 11 is 0. The quantitative estimate of drug-likeness (QED) is 0.780. The minimum Gasteiger partial charge on any atom is -0.385 e. The Kier molecular flexibility index (Phi) is 5.85. The van der Waals surface area contributed by atoms with E-state index in [9.17, 15) is 0 Å². The van der Waals surface area contributed by atoms with Gasteiger partial charge in [-0.05, 0) is 19.3 Å². The summed E-state index contributed by atoms with van der Waals surface area (Å²) in [6.45, 7) is 7.16. The number of aromatic nitrogens is 2. The van der Waals surface area contributed by atoms with Crippen LogP contribution in [0, 0.1) is 0 Å². The van der Waals surface area contributed by atoms with Gasteiger partial charge in [0.25, 0.3) is 0 Å². The maximum atomic E-state index is 5.09. The minimum absolute atomic E-state index is 0.321. The van der Waals surface area contributed by atoms with E-state index in [-0.39, 0.29) is 0 Å². The first-order valence-electron chi connectivity index (χ1n) is 6.38. The minimum atomic E-state index is 0.321. The second-order valence-electron chi connectivity index (χ2n) is 4.72. The number of nitrogens with one attached hydrogen (secondary N) is 2. The smallest absolute Gasteiger partial charge is 0.135 e. The molecule has 0 aromatic carbocycles. The fourth-order valence-corrected chi connectivity index (χ4v) is 1.86. The number of methoxy groups -OCH3 is 1. The van der Waals surface area contributed by atoms with Gasteiger partial charge in [-0.25, -0.2) is 9.97 Å². The van der Waals surface area contributed by atoms with E-state index in [1.807, 2.05) is 7.05 Å². The third-order valence-electron chi connectivity index (χ3n) is 2.84. The van der Waals surface area contributed by atoms with Gasteiger partial charge in [0.05, 0.1) is 0 Å². The molecule has 0 spiro atoms. The van der Waals surface area contributed by atoms with E-state index in [2.05, 4.69) is 41.4 Å². The van der Waals surface area contributed by atoms with Crippen molar-refractivity contribution in [3.05, 3.63) is 11.9 Å². The van der Waals surface area contributed by atoms with Crippen LogP contribution in [0.5, 0.6) is 0 Å². The predicted molar refractivity (Wildman–Crippen MR) is 75.2 cm³/mol. The summed E-state index contributed by atoms with van der Waals surface area (Å²) in [6.07, 6.45) is 2.54. The number of anilines is 2. The van der Waals surface area contributed by atoms with E-state index in [0.29, 0.717) is 12.0 Å². The third-order valence-corrected chi connectivity index (χ3v) is 2.84. The monoisotopic (exact) mass is 252 g/mol. The molecule has 102 valence electrons. The highest BCUT2D eigenvalue weighted by atomic mass is 16.5. The lowest BCUT2D eigenvalue weighted by molar-refractivity contribution is 0.191. The maximum Gasteiger partial charge on any atom is 0.135 e. The molecule has 0 aliphatic carbocycles. The SMILES string of the molecule is CNc1ncnc(NC(C)CCOC)c1C(C)C. The molecule has 5 nitrogen and oxygen atoms in total. The molecule has 0 saturated heterocycles. The number of nitrogens with zero attached hydrogens (tertiary/aromatic N) is 2. The van der Waals surface area contributed by atoms with Gasteiger partial charge in [-0.15, -0.1) is 0 Å². The van der Waals surface area contributed by atoms with Gasteiger partial charge < -0.3 is 15.4 Å². The molecule has 1 aromatic rings. The van der Waals surface area contributed by atoms with Gasteiger partial charge in [0.15, 0.2) is 0 Å². The van der Waals surface area contributed by atoms with Gasteiger partial charge in [-0.3, -0.25) is 0 Å². The lowest BCUT2D eigenvalue weighted by Crippen LogP contribution is -2.20. The molecule has 1 heterocycles. The summed E-state index contributed by atoms with van der Waals surface area (Å²) in [5.41, 5.74) is 1.13. The number of hydrogen-bond acceptors (Lipinski definition) is 5. The van der Waals surface area contributed by atoms with Crippen LogP contribution >= 0.6 is 0 Å². The highest BCUT2D eigenvalue weighted by molar-refractivity contribution is 5.59. The van der Waals surface area contributed by atoms with Crippen molar-refractivity contribution in [1.29, 1.82) is 0 Å². The zero-order valence-corrected chi connectivity index (χ0v) is 11.9. The van der Waals surface area contributed by atoms with Crippen molar-refractivity contribution in [2.75, 3.05) is 31.4 Å². The molecule has 0 bridgehead atoms. The summed E-state index contributed by atoms with van der Waals surface area (Å²) in [6, 6.07) is 0.321. The molecule has 0 aliphatic heterocycles. The molecule has 1 unspecified atom stereocenters. The van der Waals surface area contributed by atoms with Crippen LogP contribution in [0.3, 0.4) is 0 Å². The molecule has 0 saturated carbocycles. The fraction of sp³-hybridized carbons (Fsp3) is 0.692. The average molecular weight is 252 g/mol. The molecule has 5 heteroatoms. The summed E-state index contributed by atoms with van der Waals surface area (Å²) in [5, 5.41) is 6.55. The number of hydrogen-bond donors (Lipinski definition) is 2. The van der Waals surface area contributed by atoms with Crippen LogP contribution < -0.4 is 10.6 Å². The Labute approximate surface area is 109 Å². The highest BCUT2D eigenvalue weighted by Crippen LogP contribution is 2.28. The van der Waals surface area contributed by atoms with Gasteiger partial charge in [0.2, 0.25) is 0 Å². The summed E-state index contributed by atoms with van der Waals surface area (Å²) in [4.78, 5) is 8.62. The maximum absolute atomic E-state index is 5.09. The van der Waals surface area contributed by atoms with E-state index < -0.39 is 0 Å². The molecule has 1 rings (SSSR count). The van der Waals surface area contributed by atoms with E-state index in [1.54, 1.807) is 13.4 Å². The van der Waals surface area contributed by atoms with Crippen molar-refractivity contribution in [1.82, 2.24) is 9.97 Å². The Hall–Kier alpha value is -1.36. The predicted octanol–water partition coefficient (Wildman–Crippen LogP) is 2.48. The van der Waals surface area contributed by atoms with Gasteiger partial charge >= 0.3 is 0 Å². The largest absolute Gasteiger partial charge is 0.385 e. The van der Waals surface area contributed by atoms with Crippen LogP contribution in [0.4, 0.5) is 11.6 Å². The van der Waals surface area contributed by atoms with E-state index in [4.69, 9.17) is 4.74 Å². The molecule has 0 aliphatic rings. The molecule has 18 heavy (non-hydrogen) atoms. The normalized spacial score (nSPS) is 12.6. The molecule has 0 radical (unpaired) electrons. The molecule has 0 amide bonds. The van der Waals surface area contributed by atoms with Crippen molar-refractivity contribution >= 4 is 11.6 Å². The first-order valence-corrected chi connectivity index (χ1v) is 6.38. The standard InChI is InChI=1S/C13H24N4O/c1-9(2)11-12(14-4)15-8-16-13(11)17-10(3)6-7-18-5/h8-10H,6-7H2,1-5H3,(H2,14,15,16,17). The van der Waals surface area contributed by atoms with Crippen LogP contribution in [-0.4, -0.2) is 36.8 Å². The van der Waals surface area contributed by atoms with Crippen molar-refractivity contribution in [3.63, 3.8) is 0 Å². The van der Waals surface area contributed by atoms with Crippen LogP contribution in [-0.2, 0) is 4.74 Å². The second-order valence-corrected chi connectivity index (χ2v) is 4.72. The summed E-state index contributed by atoms with van der Waals surface area (Å²) < 4.78 is 5.09. The first-order chi connectivity index (χ1) is 8.60. The van der Waals surface area contributed by atoms with Crippen molar-refractivity contribution < 1.29 is 4.74 Å². The van der Waals surface area contributed by atoms with Gasteiger partial charge in [0.1, 0.15) is 18.0 Å². The molecule has 2 N–H and O–H groups in total. The van der Waals surface area contributed by atoms with Crippen molar-refractivity contribution in [3.8, 4) is 0 Å². The molecular weight excluding hydrogens is 228 g/mol. The Morgan fingerprint density at radius 3 is 2.44 bits per heavy atom. The van der Waals surface area contributed by atoms with Crippen molar-refractivity contribution in [2.45, 2.75) is 39.2 Å². The van der Waals surface area contributed by atoms with Crippen LogP contribution in [0.15, 0.2) is 6.33 Å². The summed E-state index contributed by atoms with van der Waals surface area (Å²) in [7, 11) is 3.60.